The van der Waals surface area contributed by atoms with Crippen LogP contribution in [0.1, 0.15) is 36.8 Å². The van der Waals surface area contributed by atoms with E-state index >= 15 is 0 Å². The molecule has 4 nitrogen and oxygen atoms in total. The maximum atomic E-state index is 12.0. The number of hydrogen-bond acceptors (Lipinski definition) is 3. The van der Waals surface area contributed by atoms with Crippen molar-refractivity contribution in [3.8, 4) is 5.75 Å². The fourth-order valence-electron chi connectivity index (χ4n) is 2.90. The van der Waals surface area contributed by atoms with Crippen molar-refractivity contribution in [2.45, 2.75) is 45.6 Å². The highest BCUT2D eigenvalue weighted by Gasteiger charge is 2.21. The van der Waals surface area contributed by atoms with Crippen LogP contribution < -0.4 is 10.1 Å². The summed E-state index contributed by atoms with van der Waals surface area (Å²) in [5.74, 6) is 0.959. The molecule has 0 unspecified atom stereocenters. The van der Waals surface area contributed by atoms with E-state index in [1.165, 1.54) is 0 Å². The van der Waals surface area contributed by atoms with Gasteiger partial charge in [0.25, 0.3) is 5.91 Å². The van der Waals surface area contributed by atoms with Crippen LogP contribution >= 0.6 is 11.6 Å². The summed E-state index contributed by atoms with van der Waals surface area (Å²) in [6.45, 7) is 4.10. The Bertz CT molecular complexity index is 502. The highest BCUT2D eigenvalue weighted by Crippen LogP contribution is 2.26. The predicted octanol–water partition coefficient (Wildman–Crippen LogP) is 3.00. The number of carbonyl (C=O) groups is 1. The Hall–Kier alpha value is -1.26. The monoisotopic (exact) mass is 325 g/mol. The van der Waals surface area contributed by atoms with Gasteiger partial charge in [0.05, 0.1) is 0 Å². The van der Waals surface area contributed by atoms with Gasteiger partial charge in [0.1, 0.15) is 5.75 Å². The maximum Gasteiger partial charge on any atom is 0.258 e. The van der Waals surface area contributed by atoms with E-state index in [0.717, 1.165) is 41.8 Å². The van der Waals surface area contributed by atoms with Crippen molar-refractivity contribution < 1.29 is 14.6 Å². The van der Waals surface area contributed by atoms with Crippen molar-refractivity contribution in [1.29, 1.82) is 0 Å². The van der Waals surface area contributed by atoms with E-state index in [0.29, 0.717) is 11.7 Å². The highest BCUT2D eigenvalue weighted by molar-refractivity contribution is 6.32. The van der Waals surface area contributed by atoms with Gasteiger partial charge < -0.3 is 15.2 Å². The average Bonchev–Trinajstić information content (AvgIpc) is 2.51. The lowest BCUT2D eigenvalue weighted by Crippen LogP contribution is -2.40. The van der Waals surface area contributed by atoms with Crippen molar-refractivity contribution in [2.24, 2.45) is 5.92 Å². The molecule has 22 heavy (non-hydrogen) atoms. The second-order valence-corrected chi connectivity index (χ2v) is 6.51. The molecule has 1 aromatic rings. The Morgan fingerprint density at radius 2 is 1.86 bits per heavy atom. The zero-order valence-corrected chi connectivity index (χ0v) is 13.9. The van der Waals surface area contributed by atoms with Gasteiger partial charge >= 0.3 is 0 Å². The third kappa shape index (κ3) is 4.62. The van der Waals surface area contributed by atoms with Crippen LogP contribution in [0, 0.1) is 19.8 Å². The second kappa shape index (κ2) is 7.84. The largest absolute Gasteiger partial charge is 0.484 e. The van der Waals surface area contributed by atoms with E-state index < -0.39 is 0 Å². The van der Waals surface area contributed by atoms with Crippen LogP contribution in [0.3, 0.4) is 0 Å². The van der Waals surface area contributed by atoms with Crippen molar-refractivity contribution in [2.75, 3.05) is 13.2 Å². The van der Waals surface area contributed by atoms with Crippen LogP contribution in [0.2, 0.25) is 5.02 Å². The third-order valence-corrected chi connectivity index (χ3v) is 4.85. The molecule has 1 saturated carbocycles. The van der Waals surface area contributed by atoms with E-state index in [-0.39, 0.29) is 25.2 Å². The predicted molar refractivity (Wildman–Crippen MR) is 87.4 cm³/mol. The summed E-state index contributed by atoms with van der Waals surface area (Å²) in [6, 6.07) is 3.89. The lowest BCUT2D eigenvalue weighted by Gasteiger charge is -2.27. The first-order valence-corrected chi connectivity index (χ1v) is 8.17. The average molecular weight is 326 g/mol. The summed E-state index contributed by atoms with van der Waals surface area (Å²) in [5.41, 5.74) is 1.89. The molecular weight excluding hydrogens is 302 g/mol. The standard InChI is InChI=1S/C17H24ClNO3/c1-11-7-15(8-12(2)17(11)18)22-10-16(21)19-14-5-3-13(9-20)4-6-14/h7-8,13-14,20H,3-6,9-10H2,1-2H3,(H,19,21). The molecule has 0 atom stereocenters. The molecule has 0 radical (unpaired) electrons. The number of hydrogen-bond donors (Lipinski definition) is 2. The van der Waals surface area contributed by atoms with Crippen LogP contribution in [-0.2, 0) is 4.79 Å². The zero-order chi connectivity index (χ0) is 16.1. The van der Waals surface area contributed by atoms with Gasteiger partial charge in [0.15, 0.2) is 6.61 Å². The Balaban J connectivity index is 1.78. The second-order valence-electron chi connectivity index (χ2n) is 6.13. The number of aryl methyl sites for hydroxylation is 2. The summed E-state index contributed by atoms with van der Waals surface area (Å²) >= 11 is 6.11. The van der Waals surface area contributed by atoms with Gasteiger partial charge in [-0.1, -0.05) is 11.6 Å². The fraction of sp³-hybridized carbons (Fsp3) is 0.588. The normalized spacial score (nSPS) is 21.5. The molecule has 1 aliphatic carbocycles. The molecule has 1 fully saturated rings. The Morgan fingerprint density at radius 3 is 2.41 bits per heavy atom. The van der Waals surface area contributed by atoms with Crippen LogP contribution in [0.15, 0.2) is 12.1 Å². The number of ether oxygens (including phenoxy) is 1. The molecule has 5 heteroatoms. The molecule has 2 N–H and O–H groups in total. The number of rotatable bonds is 5. The first kappa shape index (κ1) is 17.1. The smallest absolute Gasteiger partial charge is 0.258 e. The Kier molecular flexibility index (Phi) is 6.09. The number of nitrogens with one attached hydrogen (secondary N) is 1. The molecule has 122 valence electrons. The summed E-state index contributed by atoms with van der Waals surface area (Å²) in [6.07, 6.45) is 3.79. The Morgan fingerprint density at radius 1 is 1.27 bits per heavy atom. The van der Waals surface area contributed by atoms with Crippen molar-refractivity contribution in [3.05, 3.63) is 28.3 Å². The van der Waals surface area contributed by atoms with Gasteiger partial charge in [-0.2, -0.15) is 0 Å². The molecular formula is C17H24ClNO3. The lowest BCUT2D eigenvalue weighted by molar-refractivity contribution is -0.124. The molecule has 0 aliphatic heterocycles. The number of amides is 1. The number of aliphatic hydroxyl groups is 1. The number of halogens is 1. The van der Waals surface area contributed by atoms with Gasteiger partial charge in [-0.15, -0.1) is 0 Å². The highest BCUT2D eigenvalue weighted by atomic mass is 35.5. The molecule has 0 spiro atoms. The lowest BCUT2D eigenvalue weighted by atomic mass is 9.86. The minimum absolute atomic E-state index is 0.0143. The summed E-state index contributed by atoms with van der Waals surface area (Å²) in [4.78, 5) is 12.0. The van der Waals surface area contributed by atoms with Gasteiger partial charge in [-0.25, -0.2) is 0 Å². The quantitative estimate of drug-likeness (QED) is 0.875. The molecule has 1 amide bonds. The summed E-state index contributed by atoms with van der Waals surface area (Å²) < 4.78 is 5.56. The van der Waals surface area contributed by atoms with Gasteiger partial charge in [-0.05, 0) is 68.7 Å². The van der Waals surface area contributed by atoms with E-state index in [2.05, 4.69) is 5.32 Å². The molecule has 1 aliphatic rings. The Labute approximate surface area is 136 Å². The zero-order valence-electron chi connectivity index (χ0n) is 13.2. The van der Waals surface area contributed by atoms with Crippen LogP contribution in [0.25, 0.3) is 0 Å². The van der Waals surface area contributed by atoms with Crippen LogP contribution in [-0.4, -0.2) is 30.3 Å². The molecule has 0 aromatic heterocycles. The number of carbonyl (C=O) groups excluding carboxylic acids is 1. The minimum Gasteiger partial charge on any atom is -0.484 e. The first-order valence-electron chi connectivity index (χ1n) is 7.79. The molecule has 0 heterocycles. The molecule has 0 saturated heterocycles. The van der Waals surface area contributed by atoms with E-state index in [4.69, 9.17) is 21.4 Å². The molecule has 2 rings (SSSR count). The summed E-state index contributed by atoms with van der Waals surface area (Å²) in [5, 5.41) is 12.9. The van der Waals surface area contributed by atoms with Crippen molar-refractivity contribution in [1.82, 2.24) is 5.32 Å². The molecule has 1 aromatic carbocycles. The number of aliphatic hydroxyl groups excluding tert-OH is 1. The minimum atomic E-state index is -0.0993. The van der Waals surface area contributed by atoms with Crippen LogP contribution in [0.4, 0.5) is 0 Å². The third-order valence-electron chi connectivity index (χ3n) is 4.25. The van der Waals surface area contributed by atoms with Crippen molar-refractivity contribution in [3.63, 3.8) is 0 Å². The SMILES string of the molecule is Cc1cc(OCC(=O)NC2CCC(CO)CC2)cc(C)c1Cl. The van der Waals surface area contributed by atoms with E-state index in [1.54, 1.807) is 0 Å². The van der Waals surface area contributed by atoms with Gasteiger partial charge in [0.2, 0.25) is 0 Å². The first-order chi connectivity index (χ1) is 10.5. The topological polar surface area (TPSA) is 58.6 Å². The van der Waals surface area contributed by atoms with E-state index in [9.17, 15) is 4.79 Å². The van der Waals surface area contributed by atoms with E-state index in [1.807, 2.05) is 26.0 Å². The van der Waals surface area contributed by atoms with Gasteiger partial charge in [-0.3, -0.25) is 4.79 Å². The van der Waals surface area contributed by atoms with Crippen molar-refractivity contribution >= 4 is 17.5 Å². The van der Waals surface area contributed by atoms with Gasteiger partial charge in [0, 0.05) is 17.7 Å². The maximum absolute atomic E-state index is 12.0. The summed E-state index contributed by atoms with van der Waals surface area (Å²) in [7, 11) is 0. The fourth-order valence-corrected chi connectivity index (χ4v) is 3.01. The number of benzene rings is 1. The molecule has 0 bridgehead atoms. The van der Waals surface area contributed by atoms with Crippen LogP contribution in [0.5, 0.6) is 5.75 Å².